The van der Waals surface area contributed by atoms with Crippen molar-refractivity contribution in [2.45, 2.75) is 19.5 Å². The van der Waals surface area contributed by atoms with Gasteiger partial charge in [0, 0.05) is 48.4 Å². The predicted molar refractivity (Wildman–Crippen MR) is 117 cm³/mol. The topological polar surface area (TPSA) is 76.5 Å². The number of hydrogen-bond donors (Lipinski definition) is 1. The van der Waals surface area contributed by atoms with Crippen LogP contribution in [0.25, 0.3) is 0 Å². The lowest BCUT2D eigenvalue weighted by Crippen LogP contribution is -2.37. The summed E-state index contributed by atoms with van der Waals surface area (Å²) in [5, 5.41) is 8.00. The zero-order chi connectivity index (χ0) is 22.0. The number of rotatable bonds is 5. The lowest BCUT2D eigenvalue weighted by molar-refractivity contribution is 0.0730. The van der Waals surface area contributed by atoms with E-state index in [-0.39, 0.29) is 11.8 Å². The molecule has 0 unspecified atom stereocenters. The largest absolute Gasteiger partial charge is 0.497 e. The first kappa shape index (κ1) is 20.9. The van der Waals surface area contributed by atoms with E-state index in [2.05, 4.69) is 10.4 Å². The van der Waals surface area contributed by atoms with Gasteiger partial charge >= 0.3 is 0 Å². The van der Waals surface area contributed by atoms with E-state index in [9.17, 15) is 9.59 Å². The van der Waals surface area contributed by atoms with Gasteiger partial charge < -0.3 is 15.0 Å². The molecular formula is C23H23ClN4O3. The maximum atomic E-state index is 13.0. The summed E-state index contributed by atoms with van der Waals surface area (Å²) in [5.41, 5.74) is 3.62. The number of aromatic nitrogens is 2. The van der Waals surface area contributed by atoms with E-state index in [1.807, 2.05) is 19.2 Å². The first-order chi connectivity index (χ1) is 15.0. The lowest BCUT2D eigenvalue weighted by atomic mass is 10.0. The number of ether oxygens (including phenoxy) is 1. The quantitative estimate of drug-likeness (QED) is 0.663. The fraction of sp³-hybridized carbons (Fsp3) is 0.261. The van der Waals surface area contributed by atoms with Crippen LogP contribution < -0.4 is 10.1 Å². The number of benzene rings is 2. The fourth-order valence-electron chi connectivity index (χ4n) is 3.76. The lowest BCUT2D eigenvalue weighted by Gasteiger charge is -2.27. The Balaban J connectivity index is 1.51. The molecule has 0 spiro atoms. The third-order valence-electron chi connectivity index (χ3n) is 5.43. The number of fused-ring (bicyclic) bond motifs is 1. The van der Waals surface area contributed by atoms with Gasteiger partial charge in [-0.05, 0) is 35.9 Å². The molecule has 8 heteroatoms. The number of aryl methyl sites for hydroxylation is 1. The van der Waals surface area contributed by atoms with Crippen LogP contribution in [0.4, 0.5) is 0 Å². The monoisotopic (exact) mass is 438 g/mol. The molecule has 0 aliphatic carbocycles. The molecule has 0 radical (unpaired) electrons. The highest BCUT2D eigenvalue weighted by Crippen LogP contribution is 2.24. The van der Waals surface area contributed by atoms with E-state index >= 15 is 0 Å². The number of hydrogen-bond acceptors (Lipinski definition) is 4. The summed E-state index contributed by atoms with van der Waals surface area (Å²) in [5.74, 6) is 0.274. The van der Waals surface area contributed by atoms with Crippen LogP contribution in [0, 0.1) is 0 Å². The van der Waals surface area contributed by atoms with Crippen molar-refractivity contribution in [2.24, 2.45) is 7.05 Å². The fourth-order valence-corrected chi connectivity index (χ4v) is 3.88. The normalized spacial score (nSPS) is 12.9. The molecule has 1 aliphatic heterocycles. The van der Waals surface area contributed by atoms with Crippen LogP contribution in [-0.4, -0.2) is 40.1 Å². The summed E-state index contributed by atoms with van der Waals surface area (Å²) in [7, 11) is 3.40. The van der Waals surface area contributed by atoms with Gasteiger partial charge in [0.05, 0.1) is 13.7 Å². The molecule has 1 N–H and O–H groups in total. The summed E-state index contributed by atoms with van der Waals surface area (Å²) in [4.78, 5) is 27.6. The van der Waals surface area contributed by atoms with Crippen LogP contribution in [0.1, 0.15) is 37.7 Å². The Morgan fingerprint density at radius 2 is 1.97 bits per heavy atom. The predicted octanol–water partition coefficient (Wildman–Crippen LogP) is 3.21. The number of carbonyl (C=O) groups excluding carboxylic acids is 2. The zero-order valence-corrected chi connectivity index (χ0v) is 18.1. The van der Waals surface area contributed by atoms with Gasteiger partial charge in [-0.25, -0.2) is 0 Å². The summed E-state index contributed by atoms with van der Waals surface area (Å²) < 4.78 is 6.96. The molecule has 3 aromatic rings. The van der Waals surface area contributed by atoms with Gasteiger partial charge in [-0.1, -0.05) is 29.8 Å². The van der Waals surface area contributed by atoms with Gasteiger partial charge in [-0.2, -0.15) is 5.10 Å². The van der Waals surface area contributed by atoms with Crippen molar-refractivity contribution in [2.75, 3.05) is 13.7 Å². The molecular weight excluding hydrogens is 416 g/mol. The Hall–Kier alpha value is -3.32. The average Bonchev–Trinajstić information content (AvgIpc) is 3.14. The Morgan fingerprint density at radius 3 is 2.71 bits per heavy atom. The van der Waals surface area contributed by atoms with Crippen LogP contribution in [0.15, 0.2) is 48.5 Å². The molecule has 1 aromatic heterocycles. The number of nitrogens with zero attached hydrogens (tertiary/aromatic N) is 3. The minimum atomic E-state index is -0.262. The van der Waals surface area contributed by atoms with E-state index < -0.39 is 0 Å². The highest BCUT2D eigenvalue weighted by atomic mass is 35.5. The van der Waals surface area contributed by atoms with Crippen LogP contribution in [0.3, 0.4) is 0 Å². The van der Waals surface area contributed by atoms with Crippen LogP contribution >= 0.6 is 11.6 Å². The van der Waals surface area contributed by atoms with Gasteiger partial charge in [0.25, 0.3) is 11.8 Å². The molecule has 2 aromatic carbocycles. The second kappa shape index (κ2) is 8.81. The Bertz CT molecular complexity index is 1120. The first-order valence-corrected chi connectivity index (χ1v) is 10.3. The van der Waals surface area contributed by atoms with Crippen molar-refractivity contribution < 1.29 is 14.3 Å². The number of nitrogens with one attached hydrogen (secondary N) is 1. The molecule has 0 bridgehead atoms. The Labute approximate surface area is 185 Å². The second-order valence-corrected chi connectivity index (χ2v) is 7.85. The number of methoxy groups -OCH3 is 1. The summed E-state index contributed by atoms with van der Waals surface area (Å²) >= 11 is 5.91. The zero-order valence-electron chi connectivity index (χ0n) is 17.4. The molecule has 0 saturated heterocycles. The van der Waals surface area contributed by atoms with E-state index in [1.54, 1.807) is 53.1 Å². The van der Waals surface area contributed by atoms with Crippen molar-refractivity contribution in [3.8, 4) is 5.75 Å². The van der Waals surface area contributed by atoms with E-state index in [0.717, 1.165) is 16.8 Å². The molecule has 0 fully saturated rings. The molecule has 2 amide bonds. The highest BCUT2D eigenvalue weighted by Gasteiger charge is 2.29. The van der Waals surface area contributed by atoms with E-state index in [1.165, 1.54) is 0 Å². The molecule has 0 saturated carbocycles. The highest BCUT2D eigenvalue weighted by molar-refractivity contribution is 6.30. The third-order valence-corrected chi connectivity index (χ3v) is 5.68. The SMILES string of the molecule is COc1cccc(C(=O)N2CCc3c(c(C(=O)NCc4ccc(Cl)cc4)nn3C)C2)c1. The standard InChI is InChI=1S/C23H23ClN4O3/c1-27-20-10-11-28(23(30)16-4-3-5-18(12-16)31-2)14-19(20)21(26-27)22(29)25-13-15-6-8-17(24)9-7-15/h3-9,12H,10-11,13-14H2,1-2H3,(H,25,29). The van der Waals surface area contributed by atoms with Gasteiger partial charge in [0.15, 0.2) is 5.69 Å². The minimum Gasteiger partial charge on any atom is -0.497 e. The molecule has 2 heterocycles. The van der Waals surface area contributed by atoms with Crippen molar-refractivity contribution >= 4 is 23.4 Å². The average molecular weight is 439 g/mol. The van der Waals surface area contributed by atoms with Crippen LogP contribution in [-0.2, 0) is 26.6 Å². The van der Waals surface area contributed by atoms with E-state index in [4.69, 9.17) is 16.3 Å². The van der Waals surface area contributed by atoms with Crippen molar-refractivity contribution in [3.63, 3.8) is 0 Å². The number of amides is 2. The minimum absolute atomic E-state index is 0.0964. The number of carbonyl (C=O) groups is 2. The van der Waals surface area contributed by atoms with E-state index in [0.29, 0.717) is 48.1 Å². The third kappa shape index (κ3) is 4.41. The smallest absolute Gasteiger partial charge is 0.272 e. The van der Waals surface area contributed by atoms with Gasteiger partial charge in [0.2, 0.25) is 0 Å². The van der Waals surface area contributed by atoms with Crippen molar-refractivity contribution in [1.82, 2.24) is 20.0 Å². The maximum Gasteiger partial charge on any atom is 0.272 e. The van der Waals surface area contributed by atoms with Crippen molar-refractivity contribution in [3.05, 3.63) is 81.6 Å². The molecule has 160 valence electrons. The van der Waals surface area contributed by atoms with Gasteiger partial charge in [-0.15, -0.1) is 0 Å². The number of halogens is 1. The second-order valence-electron chi connectivity index (χ2n) is 7.42. The molecule has 31 heavy (non-hydrogen) atoms. The Kier molecular flexibility index (Phi) is 5.95. The summed E-state index contributed by atoms with van der Waals surface area (Å²) in [6.07, 6.45) is 0.638. The summed E-state index contributed by atoms with van der Waals surface area (Å²) in [6, 6.07) is 14.4. The van der Waals surface area contributed by atoms with Crippen LogP contribution in [0.5, 0.6) is 5.75 Å². The first-order valence-electron chi connectivity index (χ1n) is 9.97. The molecule has 0 atom stereocenters. The maximum absolute atomic E-state index is 13.0. The summed E-state index contributed by atoms with van der Waals surface area (Å²) in [6.45, 7) is 1.27. The molecule has 4 rings (SSSR count). The van der Waals surface area contributed by atoms with Gasteiger partial charge in [0.1, 0.15) is 5.75 Å². The Morgan fingerprint density at radius 1 is 1.19 bits per heavy atom. The van der Waals surface area contributed by atoms with Gasteiger partial charge in [-0.3, -0.25) is 14.3 Å². The molecule has 7 nitrogen and oxygen atoms in total. The molecule has 1 aliphatic rings. The van der Waals surface area contributed by atoms with Crippen molar-refractivity contribution in [1.29, 1.82) is 0 Å². The van der Waals surface area contributed by atoms with Crippen LogP contribution in [0.2, 0.25) is 5.02 Å².